The van der Waals surface area contributed by atoms with Crippen LogP contribution in [0.1, 0.15) is 16.2 Å². The summed E-state index contributed by atoms with van der Waals surface area (Å²) in [6.07, 6.45) is 0. The number of amides is 1. The number of aromatic nitrogens is 4. The largest absolute Gasteiger partial charge is 0.446 e. The van der Waals surface area contributed by atoms with Crippen molar-refractivity contribution < 1.29 is 18.0 Å². The lowest BCUT2D eigenvalue weighted by Crippen LogP contribution is -2.14. The molecule has 2 aromatic carbocycles. The Balaban J connectivity index is 1.84. The summed E-state index contributed by atoms with van der Waals surface area (Å²) in [6, 6.07) is 12.2. The molecule has 0 aliphatic rings. The second kappa shape index (κ2) is 7.16. The molecule has 0 radical (unpaired) electrons. The Labute approximate surface area is 150 Å². The number of rotatable bonds is 4. The van der Waals surface area contributed by atoms with Gasteiger partial charge in [-0.2, -0.15) is 17.9 Å². The third-order valence-corrected chi connectivity index (χ3v) is 4.14. The van der Waals surface area contributed by atoms with E-state index in [-0.39, 0.29) is 22.2 Å². The van der Waals surface area contributed by atoms with Gasteiger partial charge >= 0.3 is 5.51 Å². The number of carbonyl (C=O) groups excluding carboxylic acids is 1. The molecule has 6 nitrogen and oxygen atoms in total. The summed E-state index contributed by atoms with van der Waals surface area (Å²) in [5, 5.41) is 13.8. The molecule has 1 aromatic heterocycles. The average Bonchev–Trinajstić information content (AvgIpc) is 3.00. The number of nitrogens with one attached hydrogen (secondary N) is 1. The molecule has 0 atom stereocenters. The van der Waals surface area contributed by atoms with Crippen LogP contribution in [0.2, 0.25) is 0 Å². The van der Waals surface area contributed by atoms with E-state index in [1.165, 1.54) is 28.9 Å². The molecule has 1 amide bonds. The lowest BCUT2D eigenvalue weighted by molar-refractivity contribution is -0.0328. The van der Waals surface area contributed by atoms with Crippen LogP contribution in [-0.4, -0.2) is 31.6 Å². The van der Waals surface area contributed by atoms with E-state index in [4.69, 9.17) is 0 Å². The molecule has 1 heterocycles. The van der Waals surface area contributed by atoms with Gasteiger partial charge in [-0.1, -0.05) is 18.2 Å². The Morgan fingerprint density at radius 3 is 2.62 bits per heavy atom. The molecule has 10 heteroatoms. The summed E-state index contributed by atoms with van der Waals surface area (Å²) in [5.74, 6) is -0.0802. The number of tetrazole rings is 1. The van der Waals surface area contributed by atoms with Gasteiger partial charge in [0.2, 0.25) is 0 Å². The number of hydrogen-bond acceptors (Lipinski definition) is 5. The maximum Gasteiger partial charge on any atom is 0.446 e. The quantitative estimate of drug-likeness (QED) is 0.698. The molecule has 134 valence electrons. The Bertz CT molecular complexity index is 941. The molecule has 3 aromatic rings. The third kappa shape index (κ3) is 4.20. The fraction of sp³-hybridized carbons (Fsp3) is 0.125. The van der Waals surface area contributed by atoms with Crippen molar-refractivity contribution in [2.75, 3.05) is 5.32 Å². The molecule has 0 aliphatic carbocycles. The molecular weight excluding hydrogens is 367 g/mol. The van der Waals surface area contributed by atoms with Gasteiger partial charge in [-0.05, 0) is 59.4 Å². The first-order chi connectivity index (χ1) is 12.3. The van der Waals surface area contributed by atoms with E-state index < -0.39 is 11.4 Å². The minimum absolute atomic E-state index is 0.0566. The smallest absolute Gasteiger partial charge is 0.322 e. The van der Waals surface area contributed by atoms with Gasteiger partial charge in [0.25, 0.3) is 5.91 Å². The molecule has 26 heavy (non-hydrogen) atoms. The molecule has 1 N–H and O–H groups in total. The van der Waals surface area contributed by atoms with E-state index in [0.29, 0.717) is 17.2 Å². The SMILES string of the molecule is Cc1nnnn1-c1cccc(NC(=O)c2ccccc2SC(F)(F)F)c1. The monoisotopic (exact) mass is 379 g/mol. The van der Waals surface area contributed by atoms with Gasteiger partial charge < -0.3 is 5.32 Å². The summed E-state index contributed by atoms with van der Waals surface area (Å²) in [6.45, 7) is 1.72. The zero-order valence-corrected chi connectivity index (χ0v) is 14.2. The maximum absolute atomic E-state index is 12.7. The van der Waals surface area contributed by atoms with E-state index in [0.717, 1.165) is 0 Å². The standard InChI is InChI=1S/C16H12F3N5OS/c1-10-21-22-23-24(10)12-6-4-5-11(9-12)20-15(25)13-7-2-3-8-14(13)26-16(17,18)19/h2-9H,1H3,(H,20,25). The van der Waals surface area contributed by atoms with Crippen LogP contribution in [0.4, 0.5) is 18.9 Å². The maximum atomic E-state index is 12.7. The van der Waals surface area contributed by atoms with Crippen molar-refractivity contribution in [1.82, 2.24) is 20.2 Å². The number of thioether (sulfide) groups is 1. The second-order valence-corrected chi connectivity index (χ2v) is 6.29. The number of halogens is 3. The topological polar surface area (TPSA) is 72.7 Å². The van der Waals surface area contributed by atoms with E-state index in [1.807, 2.05) is 0 Å². The van der Waals surface area contributed by atoms with Gasteiger partial charge in [-0.25, -0.2) is 0 Å². The minimum Gasteiger partial charge on any atom is -0.322 e. The fourth-order valence-electron chi connectivity index (χ4n) is 2.25. The van der Waals surface area contributed by atoms with Crippen LogP contribution in [0.15, 0.2) is 53.4 Å². The van der Waals surface area contributed by atoms with E-state index in [2.05, 4.69) is 20.8 Å². The second-order valence-electron chi connectivity index (χ2n) is 5.19. The Hall–Kier alpha value is -2.88. The lowest BCUT2D eigenvalue weighted by Gasteiger charge is -2.12. The van der Waals surface area contributed by atoms with Crippen LogP contribution in [0, 0.1) is 6.92 Å². The number of anilines is 1. The van der Waals surface area contributed by atoms with Crippen molar-refractivity contribution in [3.8, 4) is 5.69 Å². The predicted octanol–water partition coefficient (Wildman–Crippen LogP) is 3.83. The van der Waals surface area contributed by atoms with Crippen LogP contribution in [0.3, 0.4) is 0 Å². The molecule has 0 spiro atoms. The van der Waals surface area contributed by atoms with Crippen LogP contribution < -0.4 is 5.32 Å². The molecule has 0 bridgehead atoms. The first-order valence-corrected chi connectivity index (χ1v) is 8.17. The van der Waals surface area contributed by atoms with Crippen LogP contribution in [0.25, 0.3) is 5.69 Å². The highest BCUT2D eigenvalue weighted by molar-refractivity contribution is 8.00. The molecule has 0 fully saturated rings. The van der Waals surface area contributed by atoms with E-state index >= 15 is 0 Å². The van der Waals surface area contributed by atoms with E-state index in [1.54, 1.807) is 31.2 Å². The Morgan fingerprint density at radius 2 is 1.92 bits per heavy atom. The average molecular weight is 379 g/mol. The minimum atomic E-state index is -4.48. The number of hydrogen-bond donors (Lipinski definition) is 1. The zero-order chi connectivity index (χ0) is 18.7. The van der Waals surface area contributed by atoms with E-state index in [9.17, 15) is 18.0 Å². The summed E-state index contributed by atoms with van der Waals surface area (Å²) in [5.41, 5.74) is -3.51. The normalized spacial score (nSPS) is 11.4. The van der Waals surface area contributed by atoms with Crippen molar-refractivity contribution in [1.29, 1.82) is 0 Å². The summed E-state index contributed by atoms with van der Waals surface area (Å²) < 4.78 is 39.5. The molecule has 0 aliphatic heterocycles. The highest BCUT2D eigenvalue weighted by Crippen LogP contribution is 2.38. The summed E-state index contributed by atoms with van der Waals surface area (Å²) in [7, 11) is 0. The van der Waals surface area contributed by atoms with Crippen molar-refractivity contribution in [2.45, 2.75) is 17.3 Å². The van der Waals surface area contributed by atoms with Gasteiger partial charge in [-0.3, -0.25) is 4.79 Å². The molecule has 3 rings (SSSR count). The number of carbonyl (C=O) groups is 1. The number of alkyl halides is 3. The van der Waals surface area contributed by atoms with Crippen molar-refractivity contribution in [3.63, 3.8) is 0 Å². The number of nitrogens with zero attached hydrogens (tertiary/aromatic N) is 4. The Kier molecular flexibility index (Phi) is 4.94. The molecule has 0 unspecified atom stereocenters. The number of benzene rings is 2. The predicted molar refractivity (Wildman–Crippen MR) is 90.2 cm³/mol. The van der Waals surface area contributed by atoms with Crippen molar-refractivity contribution in [3.05, 3.63) is 59.9 Å². The Morgan fingerprint density at radius 1 is 1.15 bits per heavy atom. The van der Waals surface area contributed by atoms with Crippen LogP contribution in [-0.2, 0) is 0 Å². The summed E-state index contributed by atoms with van der Waals surface area (Å²) >= 11 is -0.322. The first kappa shape index (κ1) is 17.9. The van der Waals surface area contributed by atoms with Gasteiger partial charge in [0, 0.05) is 10.6 Å². The first-order valence-electron chi connectivity index (χ1n) is 7.35. The van der Waals surface area contributed by atoms with Gasteiger partial charge in [0.1, 0.15) is 0 Å². The molecular formula is C16H12F3N5OS. The van der Waals surface area contributed by atoms with Crippen LogP contribution in [0.5, 0.6) is 0 Å². The highest BCUT2D eigenvalue weighted by atomic mass is 32.2. The van der Waals surface area contributed by atoms with Gasteiger partial charge in [-0.15, -0.1) is 5.10 Å². The molecule has 0 saturated carbocycles. The zero-order valence-electron chi connectivity index (χ0n) is 13.4. The summed E-state index contributed by atoms with van der Waals surface area (Å²) in [4.78, 5) is 12.3. The fourth-order valence-corrected chi connectivity index (χ4v) is 2.92. The van der Waals surface area contributed by atoms with Crippen molar-refractivity contribution in [2.24, 2.45) is 0 Å². The highest BCUT2D eigenvalue weighted by Gasteiger charge is 2.31. The van der Waals surface area contributed by atoms with Gasteiger partial charge in [0.05, 0.1) is 11.3 Å². The molecule has 0 saturated heterocycles. The van der Waals surface area contributed by atoms with Gasteiger partial charge in [0.15, 0.2) is 5.82 Å². The number of aryl methyl sites for hydroxylation is 1. The third-order valence-electron chi connectivity index (χ3n) is 3.33. The van der Waals surface area contributed by atoms with Crippen molar-refractivity contribution >= 4 is 23.4 Å². The lowest BCUT2D eigenvalue weighted by atomic mass is 10.2. The van der Waals surface area contributed by atoms with Crippen LogP contribution >= 0.6 is 11.8 Å².